The van der Waals surface area contributed by atoms with Gasteiger partial charge in [0.05, 0.1) is 7.11 Å². The molecule has 0 aliphatic rings. The van der Waals surface area contributed by atoms with E-state index < -0.39 is 0 Å². The number of benzene rings is 1. The van der Waals surface area contributed by atoms with E-state index in [0.29, 0.717) is 0 Å². The Bertz CT molecular complexity index is 300. The van der Waals surface area contributed by atoms with Crippen LogP contribution < -0.4 is 4.74 Å². The first-order valence-electron chi connectivity index (χ1n) is 4.62. The number of para-hydroxylation sites is 1. The van der Waals surface area contributed by atoms with Gasteiger partial charge in [0.15, 0.2) is 0 Å². The van der Waals surface area contributed by atoms with Gasteiger partial charge in [0, 0.05) is 5.56 Å². The van der Waals surface area contributed by atoms with Gasteiger partial charge in [-0.05, 0) is 18.9 Å². The molecule has 1 aromatic carbocycles. The first-order chi connectivity index (χ1) is 6.33. The van der Waals surface area contributed by atoms with Gasteiger partial charge in [-0.3, -0.25) is 0 Å². The van der Waals surface area contributed by atoms with E-state index in [2.05, 4.69) is 31.2 Å². The molecule has 1 heteroatoms. The SMILES string of the molecule is C/C=C\c1cccc(CC)c1OC. The van der Waals surface area contributed by atoms with E-state index >= 15 is 0 Å². The Morgan fingerprint density at radius 2 is 2.15 bits per heavy atom. The van der Waals surface area contributed by atoms with Crippen molar-refractivity contribution in [3.8, 4) is 5.75 Å². The topological polar surface area (TPSA) is 9.23 Å². The second-order valence-electron chi connectivity index (χ2n) is 2.89. The minimum atomic E-state index is 1.00. The predicted molar refractivity (Wildman–Crippen MR) is 57.1 cm³/mol. The molecule has 0 radical (unpaired) electrons. The average molecular weight is 176 g/mol. The van der Waals surface area contributed by atoms with Crippen LogP contribution in [0.4, 0.5) is 0 Å². The van der Waals surface area contributed by atoms with Crippen molar-refractivity contribution in [3.63, 3.8) is 0 Å². The highest BCUT2D eigenvalue weighted by molar-refractivity contribution is 5.59. The van der Waals surface area contributed by atoms with Crippen molar-refractivity contribution in [2.45, 2.75) is 20.3 Å². The largest absolute Gasteiger partial charge is 0.496 e. The van der Waals surface area contributed by atoms with E-state index in [-0.39, 0.29) is 0 Å². The summed E-state index contributed by atoms with van der Waals surface area (Å²) in [6, 6.07) is 6.24. The Morgan fingerprint density at radius 1 is 1.38 bits per heavy atom. The van der Waals surface area contributed by atoms with Crippen LogP contribution in [0.3, 0.4) is 0 Å². The van der Waals surface area contributed by atoms with E-state index in [1.54, 1.807) is 7.11 Å². The molecule has 0 saturated heterocycles. The number of hydrogen-bond donors (Lipinski definition) is 0. The molecular weight excluding hydrogens is 160 g/mol. The lowest BCUT2D eigenvalue weighted by Crippen LogP contribution is -1.92. The van der Waals surface area contributed by atoms with Gasteiger partial charge >= 0.3 is 0 Å². The summed E-state index contributed by atoms with van der Waals surface area (Å²) in [4.78, 5) is 0. The van der Waals surface area contributed by atoms with Gasteiger partial charge in [-0.1, -0.05) is 37.3 Å². The van der Waals surface area contributed by atoms with Crippen LogP contribution in [0.15, 0.2) is 24.3 Å². The Labute approximate surface area is 80.0 Å². The van der Waals surface area contributed by atoms with Crippen molar-refractivity contribution in [3.05, 3.63) is 35.4 Å². The quantitative estimate of drug-likeness (QED) is 0.686. The molecule has 0 aromatic heterocycles. The van der Waals surface area contributed by atoms with Crippen molar-refractivity contribution in [2.75, 3.05) is 7.11 Å². The second-order valence-corrected chi connectivity index (χ2v) is 2.89. The Balaban J connectivity index is 3.18. The molecule has 0 N–H and O–H groups in total. The molecular formula is C12H16O. The van der Waals surface area contributed by atoms with Crippen LogP contribution in [0, 0.1) is 0 Å². The van der Waals surface area contributed by atoms with Gasteiger partial charge in [0.1, 0.15) is 5.75 Å². The zero-order valence-corrected chi connectivity index (χ0v) is 8.50. The molecule has 0 heterocycles. The van der Waals surface area contributed by atoms with Crippen LogP contribution in [0.25, 0.3) is 6.08 Å². The zero-order valence-electron chi connectivity index (χ0n) is 8.50. The number of allylic oxidation sites excluding steroid dienone is 1. The summed E-state index contributed by atoms with van der Waals surface area (Å²) in [6.45, 7) is 4.15. The maximum Gasteiger partial charge on any atom is 0.129 e. The van der Waals surface area contributed by atoms with Crippen LogP contribution in [-0.4, -0.2) is 7.11 Å². The third-order valence-electron chi connectivity index (χ3n) is 2.06. The maximum atomic E-state index is 5.37. The lowest BCUT2D eigenvalue weighted by atomic mass is 10.1. The van der Waals surface area contributed by atoms with Crippen molar-refractivity contribution in [1.82, 2.24) is 0 Å². The first-order valence-corrected chi connectivity index (χ1v) is 4.62. The summed E-state index contributed by atoms with van der Waals surface area (Å²) in [7, 11) is 1.72. The smallest absolute Gasteiger partial charge is 0.129 e. The predicted octanol–water partition coefficient (Wildman–Crippen LogP) is 3.29. The van der Waals surface area contributed by atoms with Crippen LogP contribution in [0.2, 0.25) is 0 Å². The van der Waals surface area contributed by atoms with Gasteiger partial charge in [-0.25, -0.2) is 0 Å². The summed E-state index contributed by atoms with van der Waals surface area (Å²) in [5, 5.41) is 0. The van der Waals surface area contributed by atoms with Gasteiger partial charge in [0.25, 0.3) is 0 Å². The molecule has 0 atom stereocenters. The minimum Gasteiger partial charge on any atom is -0.496 e. The Morgan fingerprint density at radius 3 is 2.69 bits per heavy atom. The van der Waals surface area contributed by atoms with Crippen molar-refractivity contribution >= 4 is 6.08 Å². The van der Waals surface area contributed by atoms with Crippen molar-refractivity contribution in [2.24, 2.45) is 0 Å². The van der Waals surface area contributed by atoms with Crippen LogP contribution in [-0.2, 0) is 6.42 Å². The molecule has 1 aromatic rings. The Hall–Kier alpha value is -1.24. The van der Waals surface area contributed by atoms with Crippen molar-refractivity contribution in [1.29, 1.82) is 0 Å². The summed E-state index contributed by atoms with van der Waals surface area (Å²) in [5.41, 5.74) is 2.42. The Kier molecular flexibility index (Phi) is 3.56. The first kappa shape index (κ1) is 9.85. The molecule has 0 bridgehead atoms. The van der Waals surface area contributed by atoms with E-state index in [4.69, 9.17) is 4.74 Å². The molecule has 13 heavy (non-hydrogen) atoms. The lowest BCUT2D eigenvalue weighted by Gasteiger charge is -2.09. The highest BCUT2D eigenvalue weighted by atomic mass is 16.5. The molecule has 0 aliphatic carbocycles. The van der Waals surface area contributed by atoms with E-state index in [1.807, 2.05) is 13.0 Å². The summed E-state index contributed by atoms with van der Waals surface area (Å²) in [6.07, 6.45) is 5.10. The van der Waals surface area contributed by atoms with Gasteiger partial charge in [0.2, 0.25) is 0 Å². The number of rotatable bonds is 3. The minimum absolute atomic E-state index is 1.00. The van der Waals surface area contributed by atoms with Gasteiger partial charge in [-0.2, -0.15) is 0 Å². The maximum absolute atomic E-state index is 5.37. The molecule has 0 fully saturated rings. The second kappa shape index (κ2) is 4.70. The molecule has 0 spiro atoms. The number of methoxy groups -OCH3 is 1. The van der Waals surface area contributed by atoms with Crippen LogP contribution in [0.5, 0.6) is 5.75 Å². The third kappa shape index (κ3) is 2.11. The van der Waals surface area contributed by atoms with Crippen LogP contribution in [0.1, 0.15) is 25.0 Å². The monoisotopic (exact) mass is 176 g/mol. The lowest BCUT2D eigenvalue weighted by molar-refractivity contribution is 0.409. The highest BCUT2D eigenvalue weighted by Gasteiger charge is 2.03. The fourth-order valence-electron chi connectivity index (χ4n) is 1.44. The third-order valence-corrected chi connectivity index (χ3v) is 2.06. The zero-order chi connectivity index (χ0) is 9.68. The molecule has 0 amide bonds. The number of hydrogen-bond acceptors (Lipinski definition) is 1. The number of ether oxygens (including phenoxy) is 1. The fourth-order valence-corrected chi connectivity index (χ4v) is 1.44. The molecule has 0 saturated carbocycles. The van der Waals surface area contributed by atoms with Gasteiger partial charge < -0.3 is 4.74 Å². The summed E-state index contributed by atoms with van der Waals surface area (Å²) in [5.74, 6) is 1.00. The molecule has 1 nitrogen and oxygen atoms in total. The normalized spacial score (nSPS) is 10.7. The standard InChI is InChI=1S/C12H16O/c1-4-7-11-9-6-8-10(5-2)12(11)13-3/h4,6-9H,5H2,1-3H3/b7-4-. The van der Waals surface area contributed by atoms with Crippen LogP contribution >= 0.6 is 0 Å². The highest BCUT2D eigenvalue weighted by Crippen LogP contribution is 2.25. The fraction of sp³-hybridized carbons (Fsp3) is 0.333. The van der Waals surface area contributed by atoms with E-state index in [0.717, 1.165) is 17.7 Å². The molecule has 0 unspecified atom stereocenters. The molecule has 1 rings (SSSR count). The van der Waals surface area contributed by atoms with E-state index in [9.17, 15) is 0 Å². The average Bonchev–Trinajstić information content (AvgIpc) is 2.18. The van der Waals surface area contributed by atoms with Crippen molar-refractivity contribution < 1.29 is 4.74 Å². The summed E-state index contributed by atoms with van der Waals surface area (Å²) >= 11 is 0. The molecule has 70 valence electrons. The molecule has 0 aliphatic heterocycles. The van der Waals surface area contributed by atoms with E-state index in [1.165, 1.54) is 5.56 Å². The van der Waals surface area contributed by atoms with Gasteiger partial charge in [-0.15, -0.1) is 0 Å². The summed E-state index contributed by atoms with van der Waals surface area (Å²) < 4.78 is 5.37. The number of aryl methyl sites for hydroxylation is 1.